The molecule has 0 atom stereocenters. The van der Waals surface area contributed by atoms with Crippen LogP contribution in [0.4, 0.5) is 0 Å². The molecule has 0 saturated heterocycles. The van der Waals surface area contributed by atoms with Crippen LogP contribution in [0.25, 0.3) is 76.9 Å². The Balaban J connectivity index is 1.45. The minimum absolute atomic E-state index is 0.785. The number of para-hydroxylation sites is 3. The molecule has 3 heterocycles. The van der Waals surface area contributed by atoms with Crippen LogP contribution in [0.1, 0.15) is 0 Å². The molecular formula is C35H21N3O. The average Bonchev–Trinajstić information content (AvgIpc) is 3.68. The summed E-state index contributed by atoms with van der Waals surface area (Å²) in [5.41, 5.74) is 8.64. The highest BCUT2D eigenvalue weighted by molar-refractivity contribution is 6.24. The second-order valence-corrected chi connectivity index (χ2v) is 10.1. The Bertz CT molecular complexity index is 2390. The summed E-state index contributed by atoms with van der Waals surface area (Å²) < 4.78 is 10.4. The number of benzene rings is 6. The summed E-state index contributed by atoms with van der Waals surface area (Å²) in [5.74, 6) is 0. The van der Waals surface area contributed by atoms with E-state index < -0.39 is 0 Å². The Morgan fingerprint density at radius 1 is 0.487 bits per heavy atom. The molecule has 0 aliphatic rings. The molecule has 0 spiro atoms. The van der Waals surface area contributed by atoms with E-state index in [0.29, 0.717) is 0 Å². The third-order valence-electron chi connectivity index (χ3n) is 8.03. The van der Waals surface area contributed by atoms with Gasteiger partial charge in [0.25, 0.3) is 0 Å². The van der Waals surface area contributed by atoms with Crippen molar-refractivity contribution >= 4 is 65.5 Å². The van der Waals surface area contributed by atoms with Crippen molar-refractivity contribution in [3.63, 3.8) is 0 Å². The van der Waals surface area contributed by atoms with Crippen LogP contribution < -0.4 is 0 Å². The van der Waals surface area contributed by atoms with E-state index in [1.165, 1.54) is 60.8 Å². The highest BCUT2D eigenvalue weighted by Gasteiger charge is 2.18. The maximum Gasteiger partial charge on any atom is 0.181 e. The quantitative estimate of drug-likeness (QED) is 0.238. The van der Waals surface area contributed by atoms with Gasteiger partial charge in [0.2, 0.25) is 0 Å². The lowest BCUT2D eigenvalue weighted by molar-refractivity contribution is 0.602. The van der Waals surface area contributed by atoms with E-state index in [4.69, 9.17) is 4.42 Å². The summed E-state index contributed by atoms with van der Waals surface area (Å²) in [6.07, 6.45) is 1.50. The Kier molecular flexibility index (Phi) is 4.02. The first-order chi connectivity index (χ1) is 19.3. The minimum Gasteiger partial charge on any atom is -0.443 e. The van der Waals surface area contributed by atoms with E-state index in [1.54, 1.807) is 0 Å². The molecule has 0 aliphatic heterocycles. The van der Waals surface area contributed by atoms with Crippen molar-refractivity contribution in [1.82, 2.24) is 14.1 Å². The van der Waals surface area contributed by atoms with Gasteiger partial charge in [-0.05, 0) is 65.4 Å². The zero-order chi connectivity index (χ0) is 25.5. The normalized spacial score (nSPS) is 12.1. The highest BCUT2D eigenvalue weighted by Crippen LogP contribution is 2.41. The number of nitrogens with zero attached hydrogens (tertiary/aromatic N) is 3. The topological polar surface area (TPSA) is 35.9 Å². The van der Waals surface area contributed by atoms with Gasteiger partial charge in [-0.15, -0.1) is 0 Å². The Hall–Kier alpha value is -5.35. The van der Waals surface area contributed by atoms with Gasteiger partial charge in [-0.3, -0.25) is 0 Å². The standard InChI is InChI=1S/C35H21N3O/c1-2-8-23(9-3-1)37-30-12-6-4-10-25(30)28-18-22-14-17-32-35(27(22)20-33(28)37)26-11-5-7-13-31(26)38(32)24-15-16-29-34(19-24)39-21-36-29/h1-21H. The smallest absolute Gasteiger partial charge is 0.181 e. The summed E-state index contributed by atoms with van der Waals surface area (Å²) in [6.45, 7) is 0. The first-order valence-electron chi connectivity index (χ1n) is 13.1. The number of fused-ring (bicyclic) bond motifs is 9. The van der Waals surface area contributed by atoms with Crippen molar-refractivity contribution in [1.29, 1.82) is 0 Å². The fourth-order valence-electron chi connectivity index (χ4n) is 6.37. The summed E-state index contributed by atoms with van der Waals surface area (Å²) in [4.78, 5) is 4.31. The molecular weight excluding hydrogens is 478 g/mol. The number of oxazole rings is 1. The van der Waals surface area contributed by atoms with Crippen molar-refractivity contribution < 1.29 is 4.42 Å². The monoisotopic (exact) mass is 499 g/mol. The molecule has 0 saturated carbocycles. The largest absolute Gasteiger partial charge is 0.443 e. The lowest BCUT2D eigenvalue weighted by Crippen LogP contribution is -1.94. The zero-order valence-electron chi connectivity index (χ0n) is 20.9. The Labute approximate surface area is 222 Å². The van der Waals surface area contributed by atoms with Crippen LogP contribution in [0, 0.1) is 0 Å². The summed E-state index contributed by atoms with van der Waals surface area (Å²) in [5, 5.41) is 7.50. The van der Waals surface area contributed by atoms with Crippen LogP contribution in [0.2, 0.25) is 0 Å². The maximum absolute atomic E-state index is 5.66. The predicted octanol–water partition coefficient (Wildman–Crippen LogP) is 9.18. The Morgan fingerprint density at radius 2 is 1.23 bits per heavy atom. The number of rotatable bonds is 2. The van der Waals surface area contributed by atoms with E-state index >= 15 is 0 Å². The van der Waals surface area contributed by atoms with E-state index in [9.17, 15) is 0 Å². The van der Waals surface area contributed by atoms with Gasteiger partial charge in [0, 0.05) is 33.3 Å². The molecule has 0 fully saturated rings. The van der Waals surface area contributed by atoms with Crippen molar-refractivity contribution in [2.24, 2.45) is 0 Å². The van der Waals surface area contributed by atoms with Gasteiger partial charge in [0.15, 0.2) is 12.0 Å². The van der Waals surface area contributed by atoms with Crippen molar-refractivity contribution in [2.45, 2.75) is 0 Å². The predicted molar refractivity (Wildman–Crippen MR) is 160 cm³/mol. The zero-order valence-corrected chi connectivity index (χ0v) is 20.9. The first kappa shape index (κ1) is 20.7. The third kappa shape index (κ3) is 2.80. The van der Waals surface area contributed by atoms with Crippen LogP contribution in [0.3, 0.4) is 0 Å². The van der Waals surface area contributed by atoms with Crippen LogP contribution in [-0.2, 0) is 0 Å². The third-order valence-corrected chi connectivity index (χ3v) is 8.03. The SMILES string of the molecule is c1ccc(-n2c3ccccc3c3cc4ccc5c(c4cc32)c2ccccc2n5-c2ccc3ncoc3c2)cc1. The van der Waals surface area contributed by atoms with Crippen LogP contribution >= 0.6 is 0 Å². The van der Waals surface area contributed by atoms with Crippen molar-refractivity contribution in [3.8, 4) is 11.4 Å². The van der Waals surface area contributed by atoms with E-state index in [0.717, 1.165) is 22.5 Å². The van der Waals surface area contributed by atoms with E-state index in [-0.39, 0.29) is 0 Å². The van der Waals surface area contributed by atoms with Gasteiger partial charge in [-0.25, -0.2) is 4.98 Å². The second-order valence-electron chi connectivity index (χ2n) is 10.1. The van der Waals surface area contributed by atoms with Gasteiger partial charge in [-0.2, -0.15) is 0 Å². The lowest BCUT2D eigenvalue weighted by atomic mass is 10.0. The molecule has 9 rings (SSSR count). The molecule has 0 bridgehead atoms. The molecule has 0 aliphatic carbocycles. The fraction of sp³-hybridized carbons (Fsp3) is 0. The molecule has 0 radical (unpaired) electrons. The minimum atomic E-state index is 0.785. The van der Waals surface area contributed by atoms with Gasteiger partial charge < -0.3 is 13.6 Å². The number of hydrogen-bond acceptors (Lipinski definition) is 2. The van der Waals surface area contributed by atoms with Crippen molar-refractivity contribution in [2.75, 3.05) is 0 Å². The molecule has 9 aromatic rings. The molecule has 6 aromatic carbocycles. The molecule has 39 heavy (non-hydrogen) atoms. The molecule has 0 unspecified atom stereocenters. The van der Waals surface area contributed by atoms with Gasteiger partial charge >= 0.3 is 0 Å². The molecule has 4 heteroatoms. The fourth-order valence-corrected chi connectivity index (χ4v) is 6.37. The summed E-state index contributed by atoms with van der Waals surface area (Å²) >= 11 is 0. The average molecular weight is 500 g/mol. The summed E-state index contributed by atoms with van der Waals surface area (Å²) in [7, 11) is 0. The Morgan fingerprint density at radius 3 is 2.10 bits per heavy atom. The molecule has 0 N–H and O–H groups in total. The lowest BCUT2D eigenvalue weighted by Gasteiger charge is -2.10. The number of aromatic nitrogens is 3. The van der Waals surface area contributed by atoms with Crippen LogP contribution in [-0.4, -0.2) is 14.1 Å². The van der Waals surface area contributed by atoms with E-state index in [1.807, 2.05) is 6.07 Å². The second kappa shape index (κ2) is 7.59. The van der Waals surface area contributed by atoms with Crippen LogP contribution in [0.5, 0.6) is 0 Å². The van der Waals surface area contributed by atoms with E-state index in [2.05, 4.69) is 129 Å². The van der Waals surface area contributed by atoms with Gasteiger partial charge in [0.1, 0.15) is 5.52 Å². The van der Waals surface area contributed by atoms with Crippen molar-refractivity contribution in [3.05, 3.63) is 128 Å². The van der Waals surface area contributed by atoms with Gasteiger partial charge in [0.05, 0.1) is 27.8 Å². The highest BCUT2D eigenvalue weighted by atomic mass is 16.3. The summed E-state index contributed by atoms with van der Waals surface area (Å²) in [6, 6.07) is 43.5. The number of hydrogen-bond donors (Lipinski definition) is 0. The van der Waals surface area contributed by atoms with Gasteiger partial charge in [-0.1, -0.05) is 60.7 Å². The molecule has 3 aromatic heterocycles. The molecule has 182 valence electrons. The molecule has 4 nitrogen and oxygen atoms in total. The van der Waals surface area contributed by atoms with Crippen LogP contribution in [0.15, 0.2) is 132 Å². The first-order valence-corrected chi connectivity index (χ1v) is 13.1. The maximum atomic E-state index is 5.66. The molecule has 0 amide bonds.